The molecule has 1 aliphatic heterocycles. The van der Waals surface area contributed by atoms with Gasteiger partial charge in [-0.1, -0.05) is 190 Å². The maximum Gasteiger partial charge on any atom is 0.164 e. The van der Waals surface area contributed by atoms with Gasteiger partial charge >= 0.3 is 0 Å². The molecule has 0 radical (unpaired) electrons. The van der Waals surface area contributed by atoms with E-state index in [-0.39, 0.29) is 5.41 Å². The summed E-state index contributed by atoms with van der Waals surface area (Å²) in [7, 11) is 0. The lowest BCUT2D eigenvalue weighted by molar-refractivity contribution is 0.625. The molecule has 63 heavy (non-hydrogen) atoms. The molecule has 2 heterocycles. The molecule has 0 saturated heterocycles. The van der Waals surface area contributed by atoms with Crippen molar-refractivity contribution in [2.45, 2.75) is 24.7 Å². The Morgan fingerprint density at radius 2 is 0.841 bits per heavy atom. The average Bonchev–Trinajstić information content (AvgIpc) is 3.59. The first kappa shape index (κ1) is 36.9. The quantitative estimate of drug-likeness (QED) is 0.168. The molecular formula is C59H42N4. The molecule has 12 rings (SSSR count). The standard InChI is InChI=1S/C59H42N4/c1-58(2)48-26-12-11-24-46(48)47-25-17-29-51(54(47)58)59(44-35-32-39-18-9-10-23-43(39)38-44)49-27-13-15-30-52(49)63(53-31-16-14-28-50(53)59)45-36-33-42(34-37-45)57-61-55(40-19-5-3-6-20-40)60-56(62-57)41-21-7-4-8-22-41/h3-38H,1-2H3. The van der Waals surface area contributed by atoms with E-state index in [9.17, 15) is 0 Å². The van der Waals surface area contributed by atoms with Gasteiger partial charge in [-0.25, -0.2) is 15.0 Å². The molecule has 0 atom stereocenters. The van der Waals surface area contributed by atoms with E-state index in [0.29, 0.717) is 17.5 Å². The van der Waals surface area contributed by atoms with E-state index < -0.39 is 5.41 Å². The summed E-state index contributed by atoms with van der Waals surface area (Å²) in [6.45, 7) is 4.81. The van der Waals surface area contributed by atoms with Gasteiger partial charge in [0.2, 0.25) is 0 Å². The summed E-state index contributed by atoms with van der Waals surface area (Å²) >= 11 is 0. The number of rotatable bonds is 6. The molecule has 0 amide bonds. The molecule has 0 N–H and O–H groups in total. The normalized spacial score (nSPS) is 14.1. The van der Waals surface area contributed by atoms with Crippen LogP contribution in [0.3, 0.4) is 0 Å². The highest BCUT2D eigenvalue weighted by Gasteiger charge is 2.50. The number of hydrogen-bond acceptors (Lipinski definition) is 4. The Hall–Kier alpha value is -7.95. The van der Waals surface area contributed by atoms with Crippen molar-refractivity contribution >= 4 is 27.8 Å². The highest BCUT2D eigenvalue weighted by Crippen LogP contribution is 2.62. The molecule has 1 aliphatic carbocycles. The van der Waals surface area contributed by atoms with Crippen LogP contribution in [0.4, 0.5) is 17.1 Å². The monoisotopic (exact) mass is 806 g/mol. The second-order valence-corrected chi connectivity index (χ2v) is 17.2. The number of para-hydroxylation sites is 2. The fraction of sp³-hybridized carbons (Fsp3) is 0.0678. The first-order chi connectivity index (χ1) is 31.0. The first-order valence-corrected chi connectivity index (χ1v) is 21.7. The van der Waals surface area contributed by atoms with E-state index in [1.807, 2.05) is 60.7 Å². The summed E-state index contributed by atoms with van der Waals surface area (Å²) in [5.41, 5.74) is 15.6. The second kappa shape index (κ2) is 14.3. The third-order valence-electron chi connectivity index (χ3n) is 13.3. The Kier molecular flexibility index (Phi) is 8.38. The molecule has 4 nitrogen and oxygen atoms in total. The fourth-order valence-corrected chi connectivity index (χ4v) is 10.6. The molecule has 4 heteroatoms. The van der Waals surface area contributed by atoms with Gasteiger partial charge in [-0.05, 0) is 97.7 Å². The minimum absolute atomic E-state index is 0.237. The summed E-state index contributed by atoms with van der Waals surface area (Å²) in [6, 6.07) is 78.9. The van der Waals surface area contributed by atoms with Crippen LogP contribution in [0.2, 0.25) is 0 Å². The SMILES string of the molecule is CC1(C)c2ccccc2-c2cccc(C3(c4ccc5ccccc5c4)c4ccccc4N(c4ccc(-c5nc(-c6ccccc6)nc(-c6ccccc6)n5)cc4)c4ccccc43)c21. The van der Waals surface area contributed by atoms with E-state index in [2.05, 4.69) is 176 Å². The number of nitrogens with zero attached hydrogens (tertiary/aromatic N) is 4. The molecule has 298 valence electrons. The van der Waals surface area contributed by atoms with Crippen molar-refractivity contribution in [3.63, 3.8) is 0 Å². The van der Waals surface area contributed by atoms with Crippen molar-refractivity contribution in [3.05, 3.63) is 252 Å². The summed E-state index contributed by atoms with van der Waals surface area (Å²) < 4.78 is 0. The highest BCUT2D eigenvalue weighted by atomic mass is 15.2. The van der Waals surface area contributed by atoms with Crippen LogP contribution in [0.5, 0.6) is 0 Å². The van der Waals surface area contributed by atoms with E-state index >= 15 is 0 Å². The third kappa shape index (κ3) is 5.65. The molecular weight excluding hydrogens is 765 g/mol. The van der Waals surface area contributed by atoms with E-state index in [0.717, 1.165) is 33.8 Å². The van der Waals surface area contributed by atoms with Crippen LogP contribution in [0.1, 0.15) is 47.2 Å². The fourth-order valence-electron chi connectivity index (χ4n) is 10.6. The molecule has 0 unspecified atom stereocenters. The zero-order valence-electron chi connectivity index (χ0n) is 35.1. The average molecular weight is 807 g/mol. The summed E-state index contributed by atoms with van der Waals surface area (Å²) in [6.07, 6.45) is 0. The van der Waals surface area contributed by atoms with E-state index in [4.69, 9.17) is 15.0 Å². The smallest absolute Gasteiger partial charge is 0.164 e. The Labute approximate surface area is 367 Å². The minimum atomic E-state index is -0.662. The number of fused-ring (bicyclic) bond motifs is 6. The van der Waals surface area contributed by atoms with Gasteiger partial charge in [0, 0.05) is 27.8 Å². The zero-order chi connectivity index (χ0) is 42.1. The summed E-state index contributed by atoms with van der Waals surface area (Å²) in [5.74, 6) is 1.92. The van der Waals surface area contributed by atoms with Gasteiger partial charge in [-0.15, -0.1) is 0 Å². The van der Waals surface area contributed by atoms with Gasteiger partial charge in [0.05, 0.1) is 16.8 Å². The van der Waals surface area contributed by atoms with Crippen LogP contribution in [-0.4, -0.2) is 15.0 Å². The van der Waals surface area contributed by atoms with Crippen LogP contribution in [-0.2, 0) is 10.8 Å². The minimum Gasteiger partial charge on any atom is -0.310 e. The van der Waals surface area contributed by atoms with Crippen LogP contribution in [0.25, 0.3) is 56.1 Å². The third-order valence-corrected chi connectivity index (χ3v) is 13.3. The summed E-state index contributed by atoms with van der Waals surface area (Å²) in [4.78, 5) is 17.5. The van der Waals surface area contributed by atoms with Crippen LogP contribution < -0.4 is 4.90 Å². The number of aromatic nitrogens is 3. The van der Waals surface area contributed by atoms with Crippen molar-refractivity contribution in [3.8, 4) is 45.3 Å². The summed E-state index contributed by atoms with van der Waals surface area (Å²) in [5, 5.41) is 2.45. The Morgan fingerprint density at radius 1 is 0.365 bits per heavy atom. The maximum atomic E-state index is 5.04. The van der Waals surface area contributed by atoms with Crippen molar-refractivity contribution in [1.82, 2.24) is 15.0 Å². The van der Waals surface area contributed by atoms with E-state index in [1.165, 1.54) is 55.3 Å². The predicted octanol–water partition coefficient (Wildman–Crippen LogP) is 14.5. The molecule has 10 aromatic rings. The van der Waals surface area contributed by atoms with Gasteiger partial charge in [0.25, 0.3) is 0 Å². The topological polar surface area (TPSA) is 41.9 Å². The zero-order valence-corrected chi connectivity index (χ0v) is 35.1. The lowest BCUT2D eigenvalue weighted by atomic mass is 9.59. The molecule has 0 fully saturated rings. The van der Waals surface area contributed by atoms with Gasteiger partial charge in [-0.3, -0.25) is 0 Å². The second-order valence-electron chi connectivity index (χ2n) is 17.2. The molecule has 9 aromatic carbocycles. The molecule has 2 aliphatic rings. The Bertz CT molecular complexity index is 3270. The predicted molar refractivity (Wildman–Crippen MR) is 258 cm³/mol. The number of hydrogen-bond donors (Lipinski definition) is 0. The van der Waals surface area contributed by atoms with Crippen molar-refractivity contribution in [2.75, 3.05) is 4.90 Å². The Morgan fingerprint density at radius 3 is 1.46 bits per heavy atom. The number of benzene rings is 9. The lowest BCUT2D eigenvalue weighted by Gasteiger charge is -2.48. The van der Waals surface area contributed by atoms with E-state index in [1.54, 1.807) is 0 Å². The van der Waals surface area contributed by atoms with Crippen molar-refractivity contribution in [2.24, 2.45) is 0 Å². The van der Waals surface area contributed by atoms with Gasteiger partial charge in [0.15, 0.2) is 17.5 Å². The largest absolute Gasteiger partial charge is 0.310 e. The van der Waals surface area contributed by atoms with Crippen LogP contribution in [0.15, 0.2) is 218 Å². The van der Waals surface area contributed by atoms with Crippen molar-refractivity contribution in [1.29, 1.82) is 0 Å². The molecule has 0 bridgehead atoms. The van der Waals surface area contributed by atoms with Crippen LogP contribution in [0, 0.1) is 0 Å². The first-order valence-electron chi connectivity index (χ1n) is 21.7. The Balaban J connectivity index is 1.07. The van der Waals surface area contributed by atoms with Gasteiger partial charge in [-0.2, -0.15) is 0 Å². The molecule has 1 aromatic heterocycles. The van der Waals surface area contributed by atoms with Gasteiger partial charge < -0.3 is 4.90 Å². The molecule has 0 spiro atoms. The highest BCUT2D eigenvalue weighted by molar-refractivity contribution is 5.93. The maximum absolute atomic E-state index is 5.04. The van der Waals surface area contributed by atoms with Crippen LogP contribution >= 0.6 is 0 Å². The lowest BCUT2D eigenvalue weighted by Crippen LogP contribution is -2.39. The number of anilines is 3. The molecule has 0 saturated carbocycles. The van der Waals surface area contributed by atoms with Gasteiger partial charge in [0.1, 0.15) is 0 Å². The van der Waals surface area contributed by atoms with Crippen molar-refractivity contribution < 1.29 is 0 Å².